The van der Waals surface area contributed by atoms with Crippen molar-refractivity contribution < 1.29 is 27.5 Å². The van der Waals surface area contributed by atoms with Crippen LogP contribution in [0.15, 0.2) is 24.3 Å². The van der Waals surface area contributed by atoms with Crippen molar-refractivity contribution in [3.8, 4) is 0 Å². The van der Waals surface area contributed by atoms with Gasteiger partial charge in [-0.1, -0.05) is 18.2 Å². The average molecular weight is 385 g/mol. The Balaban J connectivity index is 2.17. The SMILES string of the molecule is CN(c1ccccc1CNC(=O)OC(C)(C)C)S(=O)(=O)N1CCOC1=O. The number of cyclic esters (lactones) is 1. The van der Waals surface area contributed by atoms with E-state index in [1.165, 1.54) is 7.05 Å². The van der Waals surface area contributed by atoms with Crippen LogP contribution in [0.1, 0.15) is 26.3 Å². The highest BCUT2D eigenvalue weighted by molar-refractivity contribution is 7.91. The minimum Gasteiger partial charge on any atom is -0.447 e. The summed E-state index contributed by atoms with van der Waals surface area (Å²) in [6.07, 6.45) is -1.51. The molecule has 1 aromatic carbocycles. The fraction of sp³-hybridized carbons (Fsp3) is 0.500. The maximum absolute atomic E-state index is 12.7. The maximum Gasteiger partial charge on any atom is 0.425 e. The Morgan fingerprint density at radius 3 is 2.58 bits per heavy atom. The molecule has 0 aliphatic carbocycles. The Kier molecular flexibility index (Phi) is 5.65. The van der Waals surface area contributed by atoms with E-state index in [4.69, 9.17) is 9.47 Å². The van der Waals surface area contributed by atoms with Crippen molar-refractivity contribution in [2.24, 2.45) is 0 Å². The average Bonchev–Trinajstić information content (AvgIpc) is 2.98. The number of ether oxygens (including phenoxy) is 2. The lowest BCUT2D eigenvalue weighted by molar-refractivity contribution is 0.0523. The van der Waals surface area contributed by atoms with Crippen molar-refractivity contribution in [3.63, 3.8) is 0 Å². The molecule has 0 radical (unpaired) electrons. The van der Waals surface area contributed by atoms with Crippen LogP contribution < -0.4 is 9.62 Å². The second-order valence-corrected chi connectivity index (χ2v) is 8.53. The Morgan fingerprint density at radius 2 is 2.00 bits per heavy atom. The van der Waals surface area contributed by atoms with Gasteiger partial charge in [0.25, 0.3) is 0 Å². The van der Waals surface area contributed by atoms with Crippen LogP contribution >= 0.6 is 0 Å². The maximum atomic E-state index is 12.7. The van der Waals surface area contributed by atoms with E-state index in [1.54, 1.807) is 45.0 Å². The molecule has 0 saturated carbocycles. The highest BCUT2D eigenvalue weighted by Crippen LogP contribution is 2.25. The molecule has 1 fully saturated rings. The fourth-order valence-electron chi connectivity index (χ4n) is 2.31. The van der Waals surface area contributed by atoms with Gasteiger partial charge in [0.05, 0.1) is 12.2 Å². The molecule has 1 aromatic rings. The zero-order valence-corrected chi connectivity index (χ0v) is 16.0. The van der Waals surface area contributed by atoms with Crippen LogP contribution in [0.5, 0.6) is 0 Å². The predicted octanol–water partition coefficient (Wildman–Crippen LogP) is 1.84. The summed E-state index contributed by atoms with van der Waals surface area (Å²) in [4.78, 5) is 23.4. The lowest BCUT2D eigenvalue weighted by atomic mass is 10.2. The van der Waals surface area contributed by atoms with E-state index >= 15 is 0 Å². The molecule has 0 spiro atoms. The first-order valence-electron chi connectivity index (χ1n) is 8.00. The third-order valence-corrected chi connectivity index (χ3v) is 5.28. The van der Waals surface area contributed by atoms with Crippen molar-refractivity contribution in [3.05, 3.63) is 29.8 Å². The number of nitrogens with one attached hydrogen (secondary N) is 1. The molecule has 9 nitrogen and oxygen atoms in total. The number of anilines is 1. The molecule has 0 unspecified atom stereocenters. The third-order valence-electron chi connectivity index (χ3n) is 3.50. The number of benzene rings is 1. The summed E-state index contributed by atoms with van der Waals surface area (Å²) >= 11 is 0. The van der Waals surface area contributed by atoms with Crippen molar-refractivity contribution in [2.75, 3.05) is 24.5 Å². The molecule has 26 heavy (non-hydrogen) atoms. The van der Waals surface area contributed by atoms with Gasteiger partial charge < -0.3 is 14.8 Å². The van der Waals surface area contributed by atoms with Gasteiger partial charge >= 0.3 is 22.4 Å². The summed E-state index contributed by atoms with van der Waals surface area (Å²) in [5, 5.41) is 2.59. The summed E-state index contributed by atoms with van der Waals surface area (Å²) in [7, 11) is -2.74. The normalized spacial score (nSPS) is 14.8. The minimum atomic E-state index is -4.08. The largest absolute Gasteiger partial charge is 0.447 e. The van der Waals surface area contributed by atoms with Crippen LogP contribution in [0.2, 0.25) is 0 Å². The number of hydrogen-bond donors (Lipinski definition) is 1. The van der Waals surface area contributed by atoms with Crippen LogP contribution in [0.25, 0.3) is 0 Å². The highest BCUT2D eigenvalue weighted by Gasteiger charge is 2.37. The number of carbonyl (C=O) groups excluding carboxylic acids is 2. The van der Waals surface area contributed by atoms with Crippen molar-refractivity contribution in [2.45, 2.75) is 32.9 Å². The van der Waals surface area contributed by atoms with E-state index in [1.807, 2.05) is 0 Å². The Morgan fingerprint density at radius 1 is 1.35 bits per heavy atom. The van der Waals surface area contributed by atoms with Crippen LogP contribution in [0.3, 0.4) is 0 Å². The summed E-state index contributed by atoms with van der Waals surface area (Å²) in [5.74, 6) is 0. The van der Waals surface area contributed by atoms with Crippen molar-refractivity contribution in [1.29, 1.82) is 0 Å². The number of para-hydroxylation sites is 1. The summed E-state index contributed by atoms with van der Waals surface area (Å²) in [6.45, 7) is 5.29. The van der Waals surface area contributed by atoms with Crippen molar-refractivity contribution in [1.82, 2.24) is 9.62 Å². The second kappa shape index (κ2) is 7.40. The molecule has 1 saturated heterocycles. The molecule has 2 amide bonds. The summed E-state index contributed by atoms with van der Waals surface area (Å²) < 4.78 is 36.9. The lowest BCUT2D eigenvalue weighted by Crippen LogP contribution is -2.43. The van der Waals surface area contributed by atoms with Crippen LogP contribution in [-0.4, -0.2) is 50.7 Å². The second-order valence-electron chi connectivity index (χ2n) is 6.65. The van der Waals surface area contributed by atoms with Crippen LogP contribution in [-0.2, 0) is 26.2 Å². The number of carbonyl (C=O) groups is 2. The van der Waals surface area contributed by atoms with Gasteiger partial charge in [-0.3, -0.25) is 4.31 Å². The van der Waals surface area contributed by atoms with E-state index in [-0.39, 0.29) is 19.7 Å². The van der Waals surface area contributed by atoms with Gasteiger partial charge in [0.15, 0.2) is 0 Å². The first kappa shape index (κ1) is 19.8. The van der Waals surface area contributed by atoms with Gasteiger partial charge in [0.1, 0.15) is 12.2 Å². The monoisotopic (exact) mass is 385 g/mol. The number of rotatable bonds is 5. The third kappa shape index (κ3) is 4.57. The van der Waals surface area contributed by atoms with Crippen molar-refractivity contribution >= 4 is 28.1 Å². The Labute approximate surface area is 153 Å². The van der Waals surface area contributed by atoms with E-state index in [0.29, 0.717) is 15.6 Å². The van der Waals surface area contributed by atoms with E-state index in [0.717, 1.165) is 4.31 Å². The number of hydrogen-bond acceptors (Lipinski definition) is 6. The van der Waals surface area contributed by atoms with Crippen LogP contribution in [0.4, 0.5) is 15.3 Å². The van der Waals surface area contributed by atoms with E-state index in [2.05, 4.69) is 5.32 Å². The van der Waals surface area contributed by atoms with Gasteiger partial charge in [0, 0.05) is 13.6 Å². The molecule has 0 bridgehead atoms. The molecule has 0 atom stereocenters. The first-order chi connectivity index (χ1) is 12.0. The fourth-order valence-corrected chi connectivity index (χ4v) is 3.58. The van der Waals surface area contributed by atoms with E-state index in [9.17, 15) is 18.0 Å². The molecule has 144 valence electrons. The standard InChI is InChI=1S/C16H23N3O6S/c1-16(2,3)25-14(20)17-11-12-7-5-6-8-13(12)18(4)26(22,23)19-9-10-24-15(19)21/h5-8H,9-11H2,1-4H3,(H,17,20). The number of alkyl carbamates (subject to hydrolysis) is 1. The minimum absolute atomic E-state index is 0.0216. The molecular formula is C16H23N3O6S. The topological polar surface area (TPSA) is 105 Å². The van der Waals surface area contributed by atoms with E-state index < -0.39 is 28.0 Å². The molecule has 1 aliphatic heterocycles. The quantitative estimate of drug-likeness (QED) is 0.829. The molecule has 10 heteroatoms. The molecular weight excluding hydrogens is 362 g/mol. The number of nitrogens with zero attached hydrogens (tertiary/aromatic N) is 2. The molecule has 1 heterocycles. The highest BCUT2D eigenvalue weighted by atomic mass is 32.2. The lowest BCUT2D eigenvalue weighted by Gasteiger charge is -2.26. The molecule has 2 rings (SSSR count). The van der Waals surface area contributed by atoms with Crippen LogP contribution in [0, 0.1) is 0 Å². The van der Waals surface area contributed by atoms with Gasteiger partial charge in [0.2, 0.25) is 0 Å². The first-order valence-corrected chi connectivity index (χ1v) is 9.40. The Hall–Kier alpha value is -2.49. The molecule has 0 aromatic heterocycles. The van der Waals surface area contributed by atoms with Gasteiger partial charge in [-0.05, 0) is 32.4 Å². The van der Waals surface area contributed by atoms with Gasteiger partial charge in [-0.15, -0.1) is 0 Å². The zero-order chi connectivity index (χ0) is 19.5. The molecule has 1 N–H and O–H groups in total. The molecule has 1 aliphatic rings. The van der Waals surface area contributed by atoms with Gasteiger partial charge in [-0.2, -0.15) is 12.7 Å². The zero-order valence-electron chi connectivity index (χ0n) is 15.2. The summed E-state index contributed by atoms with van der Waals surface area (Å²) in [5.41, 5.74) is 0.250. The Bertz CT molecular complexity index is 787. The van der Waals surface area contributed by atoms with Gasteiger partial charge in [-0.25, -0.2) is 9.59 Å². The predicted molar refractivity (Wildman–Crippen MR) is 94.9 cm³/mol. The smallest absolute Gasteiger partial charge is 0.425 e. The number of amides is 2. The summed E-state index contributed by atoms with van der Waals surface area (Å²) in [6, 6.07) is 6.66.